The molecule has 3 rings (SSSR count). The van der Waals surface area contributed by atoms with Crippen molar-refractivity contribution in [1.82, 2.24) is 14.8 Å². The molecule has 1 N–H and O–H groups in total. The Morgan fingerprint density at radius 3 is 2.88 bits per heavy atom. The third-order valence-electron chi connectivity index (χ3n) is 5.14. The number of rotatable bonds is 3. The Morgan fingerprint density at radius 1 is 1.44 bits per heavy atom. The number of nitrogens with zero attached hydrogens (tertiary/aromatic N) is 3. The van der Waals surface area contributed by atoms with Gasteiger partial charge in [-0.3, -0.25) is 9.59 Å². The number of hydrogen-bond donors (Lipinski definition) is 1. The molecule has 2 amide bonds. The van der Waals surface area contributed by atoms with E-state index in [1.54, 1.807) is 36.0 Å². The fraction of sp³-hybridized carbons (Fsp3) is 0.611. The van der Waals surface area contributed by atoms with Gasteiger partial charge in [-0.15, -0.1) is 0 Å². The highest BCUT2D eigenvalue weighted by Crippen LogP contribution is 2.30. The van der Waals surface area contributed by atoms with Crippen LogP contribution in [0.25, 0.3) is 0 Å². The topological polar surface area (TPSA) is 74.8 Å². The monoisotopic (exact) mass is 346 g/mol. The number of fused-ring (bicyclic) bond motifs is 1. The van der Waals surface area contributed by atoms with E-state index in [-0.39, 0.29) is 23.9 Å². The van der Waals surface area contributed by atoms with Crippen molar-refractivity contribution in [3.8, 4) is 5.75 Å². The summed E-state index contributed by atoms with van der Waals surface area (Å²) >= 11 is 0. The Hall–Kier alpha value is -2.31. The van der Waals surface area contributed by atoms with E-state index >= 15 is 0 Å². The van der Waals surface area contributed by atoms with Gasteiger partial charge >= 0.3 is 0 Å². The SMILES string of the molecule is CC(=O)N(C)[C@H]1CCN(C(=O)c2cnc3c(c2)OCC(C(C)C)N3)C1. The predicted octanol–water partition coefficient (Wildman–Crippen LogP) is 1.60. The Balaban J connectivity index is 1.69. The molecule has 2 aliphatic rings. The van der Waals surface area contributed by atoms with Crippen molar-refractivity contribution < 1.29 is 14.3 Å². The van der Waals surface area contributed by atoms with Gasteiger partial charge < -0.3 is 19.9 Å². The van der Waals surface area contributed by atoms with Crippen molar-refractivity contribution in [2.45, 2.75) is 39.3 Å². The molecule has 0 aliphatic carbocycles. The fourth-order valence-electron chi connectivity index (χ4n) is 3.22. The normalized spacial score (nSPS) is 22.2. The van der Waals surface area contributed by atoms with E-state index in [9.17, 15) is 9.59 Å². The van der Waals surface area contributed by atoms with Crippen LogP contribution in [-0.4, -0.2) is 65.4 Å². The molecule has 7 heteroatoms. The number of anilines is 1. The molecule has 1 saturated heterocycles. The van der Waals surface area contributed by atoms with Gasteiger partial charge in [0.15, 0.2) is 11.6 Å². The number of hydrogen-bond acceptors (Lipinski definition) is 5. The lowest BCUT2D eigenvalue weighted by Gasteiger charge is -2.29. The van der Waals surface area contributed by atoms with Crippen LogP contribution < -0.4 is 10.1 Å². The maximum absolute atomic E-state index is 12.7. The number of likely N-dealkylation sites (tertiary alicyclic amines) is 1. The number of nitrogens with one attached hydrogen (secondary N) is 1. The molecule has 3 heterocycles. The summed E-state index contributed by atoms with van der Waals surface area (Å²) in [6.07, 6.45) is 2.40. The van der Waals surface area contributed by atoms with Gasteiger partial charge in [-0.1, -0.05) is 13.8 Å². The van der Waals surface area contributed by atoms with Crippen LogP contribution in [0, 0.1) is 5.92 Å². The Morgan fingerprint density at radius 2 is 2.20 bits per heavy atom. The van der Waals surface area contributed by atoms with Crippen LogP contribution in [0.2, 0.25) is 0 Å². The summed E-state index contributed by atoms with van der Waals surface area (Å²) in [4.78, 5) is 32.1. The maximum atomic E-state index is 12.7. The van der Waals surface area contributed by atoms with E-state index in [1.807, 2.05) is 0 Å². The molecule has 1 aromatic rings. The highest BCUT2D eigenvalue weighted by Gasteiger charge is 2.31. The summed E-state index contributed by atoms with van der Waals surface area (Å²) in [5.74, 6) is 1.71. The average molecular weight is 346 g/mol. The van der Waals surface area contributed by atoms with Crippen molar-refractivity contribution in [2.75, 3.05) is 32.1 Å². The van der Waals surface area contributed by atoms with E-state index in [4.69, 9.17) is 4.74 Å². The van der Waals surface area contributed by atoms with Crippen LogP contribution in [-0.2, 0) is 4.79 Å². The quantitative estimate of drug-likeness (QED) is 0.900. The van der Waals surface area contributed by atoms with Crippen molar-refractivity contribution in [3.05, 3.63) is 17.8 Å². The molecular formula is C18H26N4O3. The third-order valence-corrected chi connectivity index (χ3v) is 5.14. The lowest BCUT2D eigenvalue weighted by atomic mass is 10.0. The predicted molar refractivity (Wildman–Crippen MR) is 94.7 cm³/mol. The van der Waals surface area contributed by atoms with Crippen LogP contribution in [0.1, 0.15) is 37.6 Å². The molecule has 25 heavy (non-hydrogen) atoms. The van der Waals surface area contributed by atoms with Crippen molar-refractivity contribution >= 4 is 17.6 Å². The van der Waals surface area contributed by atoms with E-state index in [2.05, 4.69) is 24.1 Å². The zero-order valence-electron chi connectivity index (χ0n) is 15.3. The zero-order chi connectivity index (χ0) is 18.1. The van der Waals surface area contributed by atoms with Crippen LogP contribution in [0.4, 0.5) is 5.82 Å². The average Bonchev–Trinajstić information content (AvgIpc) is 3.09. The fourth-order valence-corrected chi connectivity index (χ4v) is 3.22. The molecule has 1 aromatic heterocycles. The third kappa shape index (κ3) is 3.55. The number of likely N-dealkylation sites (N-methyl/N-ethyl adjacent to an activating group) is 1. The van der Waals surface area contributed by atoms with Gasteiger partial charge in [0.1, 0.15) is 6.61 Å². The van der Waals surface area contributed by atoms with Gasteiger partial charge in [0.25, 0.3) is 5.91 Å². The van der Waals surface area contributed by atoms with Crippen LogP contribution >= 0.6 is 0 Å². The standard InChI is InChI=1S/C18H26N4O3/c1-11(2)15-10-25-16-7-13(8-19-17(16)20-15)18(24)22-6-5-14(9-22)21(4)12(3)23/h7-8,11,14-15H,5-6,9-10H2,1-4H3,(H,19,20)/t14-,15?/m0/s1. The van der Waals surface area contributed by atoms with Crippen molar-refractivity contribution in [2.24, 2.45) is 5.92 Å². The Bertz CT molecular complexity index is 676. The van der Waals surface area contributed by atoms with Crippen molar-refractivity contribution in [1.29, 1.82) is 0 Å². The molecule has 0 spiro atoms. The first-order valence-electron chi connectivity index (χ1n) is 8.79. The van der Waals surface area contributed by atoms with Crippen LogP contribution in [0.3, 0.4) is 0 Å². The Labute approximate surface area is 148 Å². The molecule has 2 aliphatic heterocycles. The van der Waals surface area contributed by atoms with Crippen LogP contribution in [0.15, 0.2) is 12.3 Å². The number of ether oxygens (including phenoxy) is 1. The van der Waals surface area contributed by atoms with E-state index in [1.165, 1.54) is 0 Å². The molecule has 0 aromatic carbocycles. The first kappa shape index (κ1) is 17.5. The van der Waals surface area contributed by atoms with E-state index in [0.717, 1.165) is 6.42 Å². The number of pyridine rings is 1. The van der Waals surface area contributed by atoms with Gasteiger partial charge in [-0.05, 0) is 18.4 Å². The van der Waals surface area contributed by atoms with Crippen molar-refractivity contribution in [3.63, 3.8) is 0 Å². The smallest absolute Gasteiger partial charge is 0.255 e. The van der Waals surface area contributed by atoms with Gasteiger partial charge in [-0.2, -0.15) is 0 Å². The number of amides is 2. The minimum atomic E-state index is -0.0654. The maximum Gasteiger partial charge on any atom is 0.255 e. The second-order valence-corrected chi connectivity index (χ2v) is 7.20. The first-order valence-corrected chi connectivity index (χ1v) is 8.79. The minimum Gasteiger partial charge on any atom is -0.488 e. The van der Waals surface area contributed by atoms with Gasteiger partial charge in [0.05, 0.1) is 17.6 Å². The molecule has 136 valence electrons. The molecular weight excluding hydrogens is 320 g/mol. The van der Waals surface area contributed by atoms with Gasteiger partial charge in [0.2, 0.25) is 5.91 Å². The molecule has 0 bridgehead atoms. The zero-order valence-corrected chi connectivity index (χ0v) is 15.3. The highest BCUT2D eigenvalue weighted by molar-refractivity contribution is 5.95. The second kappa shape index (κ2) is 6.90. The summed E-state index contributed by atoms with van der Waals surface area (Å²) in [7, 11) is 1.78. The lowest BCUT2D eigenvalue weighted by Crippen LogP contribution is -2.39. The number of aromatic nitrogens is 1. The highest BCUT2D eigenvalue weighted by atomic mass is 16.5. The van der Waals surface area contributed by atoms with Crippen LogP contribution in [0.5, 0.6) is 5.75 Å². The Kier molecular flexibility index (Phi) is 4.83. The summed E-state index contributed by atoms with van der Waals surface area (Å²) in [6, 6.07) is 2.07. The summed E-state index contributed by atoms with van der Waals surface area (Å²) < 4.78 is 5.79. The molecule has 2 atom stereocenters. The molecule has 1 fully saturated rings. The van der Waals surface area contributed by atoms with Gasteiger partial charge in [0, 0.05) is 33.3 Å². The summed E-state index contributed by atoms with van der Waals surface area (Å²) in [5, 5.41) is 3.36. The molecule has 7 nitrogen and oxygen atoms in total. The number of carbonyl (C=O) groups is 2. The summed E-state index contributed by atoms with van der Waals surface area (Å²) in [5.41, 5.74) is 0.523. The van der Waals surface area contributed by atoms with Gasteiger partial charge in [-0.25, -0.2) is 4.98 Å². The van der Waals surface area contributed by atoms with E-state index < -0.39 is 0 Å². The molecule has 1 unspecified atom stereocenters. The molecule has 0 radical (unpaired) electrons. The minimum absolute atomic E-state index is 0.0222. The molecule has 0 saturated carbocycles. The lowest BCUT2D eigenvalue weighted by molar-refractivity contribution is -0.129. The first-order chi connectivity index (χ1) is 11.9. The summed E-state index contributed by atoms with van der Waals surface area (Å²) in [6.45, 7) is 7.58. The number of carbonyl (C=O) groups excluding carboxylic acids is 2. The largest absolute Gasteiger partial charge is 0.488 e. The second-order valence-electron chi connectivity index (χ2n) is 7.20. The van der Waals surface area contributed by atoms with E-state index in [0.29, 0.717) is 42.7 Å².